The third-order valence-corrected chi connectivity index (χ3v) is 4.21. The molecule has 1 N–H and O–H groups in total. The van der Waals surface area contributed by atoms with Crippen LogP contribution in [-0.2, 0) is 22.6 Å². The number of benzene rings is 2. The van der Waals surface area contributed by atoms with E-state index in [9.17, 15) is 9.59 Å². The molecular formula is C22H28N2O2. The van der Waals surface area contributed by atoms with Crippen molar-refractivity contribution in [1.29, 1.82) is 0 Å². The molecule has 0 saturated heterocycles. The average molecular weight is 352 g/mol. The Morgan fingerprint density at radius 2 is 1.46 bits per heavy atom. The van der Waals surface area contributed by atoms with E-state index < -0.39 is 6.04 Å². The Labute approximate surface area is 156 Å². The summed E-state index contributed by atoms with van der Waals surface area (Å²) in [4.78, 5) is 27.4. The number of rotatable bonds is 8. The summed E-state index contributed by atoms with van der Waals surface area (Å²) in [6.45, 7) is 6.23. The fraction of sp³-hybridized carbons (Fsp3) is 0.364. The first kappa shape index (κ1) is 19.7. The number of amides is 2. The average Bonchev–Trinajstić information content (AvgIpc) is 2.62. The molecule has 2 amide bonds. The Morgan fingerprint density at radius 1 is 0.923 bits per heavy atom. The molecule has 0 saturated carbocycles. The maximum absolute atomic E-state index is 13.1. The van der Waals surface area contributed by atoms with Crippen LogP contribution in [0.25, 0.3) is 0 Å². The first-order valence-corrected chi connectivity index (χ1v) is 9.19. The maximum atomic E-state index is 13.1. The third kappa shape index (κ3) is 5.73. The molecule has 0 aliphatic carbocycles. The molecule has 0 fully saturated rings. The molecule has 0 bridgehead atoms. The van der Waals surface area contributed by atoms with Crippen molar-refractivity contribution in [2.45, 2.75) is 52.2 Å². The van der Waals surface area contributed by atoms with Crippen LogP contribution in [0.4, 0.5) is 0 Å². The lowest BCUT2D eigenvalue weighted by Crippen LogP contribution is -2.50. The Kier molecular flexibility index (Phi) is 7.39. The van der Waals surface area contributed by atoms with Crippen LogP contribution >= 0.6 is 0 Å². The molecular weight excluding hydrogens is 324 g/mol. The third-order valence-electron chi connectivity index (χ3n) is 4.21. The number of carbonyl (C=O) groups excluding carboxylic acids is 2. The molecule has 4 heteroatoms. The Balaban J connectivity index is 2.24. The van der Waals surface area contributed by atoms with E-state index in [1.54, 1.807) is 4.90 Å². The minimum atomic E-state index is -0.478. The van der Waals surface area contributed by atoms with Crippen LogP contribution in [0.5, 0.6) is 0 Å². The summed E-state index contributed by atoms with van der Waals surface area (Å²) in [7, 11) is 0. The number of nitrogens with one attached hydrogen (secondary N) is 1. The summed E-state index contributed by atoms with van der Waals surface area (Å²) >= 11 is 0. The van der Waals surface area contributed by atoms with Crippen LogP contribution < -0.4 is 5.32 Å². The number of nitrogens with zero attached hydrogens (tertiary/aromatic N) is 1. The molecule has 0 aliphatic heterocycles. The molecule has 2 rings (SSSR count). The lowest BCUT2D eigenvalue weighted by Gasteiger charge is -2.31. The SMILES string of the molecule is CC[C@H](C(=O)NC(C)C)N(Cc1ccccc1)C(=O)Cc1ccccc1. The number of carbonyl (C=O) groups is 2. The fourth-order valence-corrected chi connectivity index (χ4v) is 2.95. The predicted molar refractivity (Wildman–Crippen MR) is 104 cm³/mol. The van der Waals surface area contributed by atoms with Gasteiger partial charge in [0, 0.05) is 12.6 Å². The van der Waals surface area contributed by atoms with Crippen LogP contribution in [-0.4, -0.2) is 28.8 Å². The Morgan fingerprint density at radius 3 is 1.96 bits per heavy atom. The summed E-state index contributed by atoms with van der Waals surface area (Å²) in [6, 6.07) is 19.0. The minimum Gasteiger partial charge on any atom is -0.352 e. The first-order chi connectivity index (χ1) is 12.5. The zero-order chi connectivity index (χ0) is 18.9. The molecule has 2 aromatic carbocycles. The van der Waals surface area contributed by atoms with E-state index in [0.717, 1.165) is 11.1 Å². The molecule has 0 spiro atoms. The van der Waals surface area contributed by atoms with Gasteiger partial charge in [-0.15, -0.1) is 0 Å². The smallest absolute Gasteiger partial charge is 0.243 e. The van der Waals surface area contributed by atoms with Gasteiger partial charge >= 0.3 is 0 Å². The zero-order valence-electron chi connectivity index (χ0n) is 15.8. The predicted octanol–water partition coefficient (Wildman–Crippen LogP) is 3.56. The second-order valence-corrected chi connectivity index (χ2v) is 6.76. The van der Waals surface area contributed by atoms with Crippen molar-refractivity contribution in [3.8, 4) is 0 Å². The largest absolute Gasteiger partial charge is 0.352 e. The summed E-state index contributed by atoms with van der Waals surface area (Å²) in [5.74, 6) is -0.134. The molecule has 2 aromatic rings. The molecule has 0 aromatic heterocycles. The van der Waals surface area contributed by atoms with Gasteiger partial charge in [0.1, 0.15) is 6.04 Å². The second-order valence-electron chi connectivity index (χ2n) is 6.76. The van der Waals surface area contributed by atoms with E-state index in [0.29, 0.717) is 19.4 Å². The Hall–Kier alpha value is -2.62. The van der Waals surface area contributed by atoms with Gasteiger partial charge in [0.05, 0.1) is 6.42 Å². The summed E-state index contributed by atoms with van der Waals surface area (Å²) in [5, 5.41) is 2.95. The standard InChI is InChI=1S/C22H28N2O2/c1-4-20(22(26)23-17(2)3)24(16-19-13-9-6-10-14-19)21(25)15-18-11-7-5-8-12-18/h5-14,17,20H,4,15-16H2,1-3H3,(H,23,26)/t20-/m1/s1. The Bertz CT molecular complexity index is 699. The van der Waals surface area contributed by atoms with Crippen molar-refractivity contribution in [2.75, 3.05) is 0 Å². The van der Waals surface area contributed by atoms with Gasteiger partial charge in [-0.25, -0.2) is 0 Å². The van der Waals surface area contributed by atoms with E-state index in [-0.39, 0.29) is 17.9 Å². The van der Waals surface area contributed by atoms with Gasteiger partial charge < -0.3 is 10.2 Å². The molecule has 138 valence electrons. The number of hydrogen-bond donors (Lipinski definition) is 1. The molecule has 0 aliphatic rings. The lowest BCUT2D eigenvalue weighted by molar-refractivity contribution is -0.141. The quantitative estimate of drug-likeness (QED) is 0.790. The van der Waals surface area contributed by atoms with E-state index in [1.807, 2.05) is 81.4 Å². The van der Waals surface area contributed by atoms with Crippen molar-refractivity contribution in [1.82, 2.24) is 10.2 Å². The van der Waals surface area contributed by atoms with Crippen LogP contribution in [0.3, 0.4) is 0 Å². The van der Waals surface area contributed by atoms with Crippen LogP contribution in [0.15, 0.2) is 60.7 Å². The molecule has 0 heterocycles. The fourth-order valence-electron chi connectivity index (χ4n) is 2.95. The second kappa shape index (κ2) is 9.76. The highest BCUT2D eigenvalue weighted by Crippen LogP contribution is 2.14. The van der Waals surface area contributed by atoms with Crippen molar-refractivity contribution >= 4 is 11.8 Å². The van der Waals surface area contributed by atoms with Crippen LogP contribution in [0.2, 0.25) is 0 Å². The molecule has 1 atom stereocenters. The van der Waals surface area contributed by atoms with E-state index >= 15 is 0 Å². The van der Waals surface area contributed by atoms with Gasteiger partial charge in [0.15, 0.2) is 0 Å². The highest BCUT2D eigenvalue weighted by atomic mass is 16.2. The van der Waals surface area contributed by atoms with Crippen LogP contribution in [0, 0.1) is 0 Å². The van der Waals surface area contributed by atoms with Gasteiger partial charge in [-0.2, -0.15) is 0 Å². The highest BCUT2D eigenvalue weighted by Gasteiger charge is 2.28. The van der Waals surface area contributed by atoms with Crippen LogP contribution in [0.1, 0.15) is 38.3 Å². The monoisotopic (exact) mass is 352 g/mol. The van der Waals surface area contributed by atoms with Gasteiger partial charge in [-0.1, -0.05) is 67.6 Å². The van der Waals surface area contributed by atoms with Crippen molar-refractivity contribution in [2.24, 2.45) is 0 Å². The summed E-state index contributed by atoms with van der Waals surface area (Å²) < 4.78 is 0. The van der Waals surface area contributed by atoms with Gasteiger partial charge in [-0.3, -0.25) is 9.59 Å². The molecule has 26 heavy (non-hydrogen) atoms. The van der Waals surface area contributed by atoms with Crippen molar-refractivity contribution in [3.05, 3.63) is 71.8 Å². The van der Waals surface area contributed by atoms with Crippen molar-refractivity contribution in [3.63, 3.8) is 0 Å². The summed E-state index contributed by atoms with van der Waals surface area (Å²) in [5.41, 5.74) is 1.97. The van der Waals surface area contributed by atoms with Gasteiger partial charge in [0.2, 0.25) is 11.8 Å². The highest BCUT2D eigenvalue weighted by molar-refractivity contribution is 5.88. The van der Waals surface area contributed by atoms with Gasteiger partial charge in [-0.05, 0) is 31.4 Å². The summed E-state index contributed by atoms with van der Waals surface area (Å²) in [6.07, 6.45) is 0.866. The normalized spacial score (nSPS) is 11.8. The zero-order valence-corrected chi connectivity index (χ0v) is 15.8. The minimum absolute atomic E-state index is 0.0363. The molecule has 0 radical (unpaired) electrons. The topological polar surface area (TPSA) is 49.4 Å². The van der Waals surface area contributed by atoms with E-state index in [2.05, 4.69) is 5.32 Å². The van der Waals surface area contributed by atoms with E-state index in [1.165, 1.54) is 0 Å². The number of hydrogen-bond acceptors (Lipinski definition) is 2. The first-order valence-electron chi connectivity index (χ1n) is 9.19. The maximum Gasteiger partial charge on any atom is 0.243 e. The molecule has 0 unspecified atom stereocenters. The van der Waals surface area contributed by atoms with Crippen molar-refractivity contribution < 1.29 is 9.59 Å². The lowest BCUT2D eigenvalue weighted by atomic mass is 10.1. The molecule has 4 nitrogen and oxygen atoms in total. The van der Waals surface area contributed by atoms with E-state index in [4.69, 9.17) is 0 Å². The van der Waals surface area contributed by atoms with Gasteiger partial charge in [0.25, 0.3) is 0 Å².